The number of hydrogen-bond donors (Lipinski definition) is 4. The number of aryl methyl sites for hydroxylation is 2. The molecule has 5 N–H and O–H groups in total. The lowest BCUT2D eigenvalue weighted by Gasteiger charge is -2.41. The van der Waals surface area contributed by atoms with Crippen molar-refractivity contribution < 1.29 is 42.7 Å². The number of phenols is 1. The average Bonchev–Trinajstić information content (AvgIpc) is 4.10. The number of ketones is 1. The Bertz CT molecular complexity index is 3040. The smallest absolute Gasteiger partial charge is 0.339 e. The van der Waals surface area contributed by atoms with E-state index < -0.39 is 26.2 Å². The van der Waals surface area contributed by atoms with E-state index in [0.29, 0.717) is 88.2 Å². The lowest BCUT2D eigenvalue weighted by atomic mass is 10.1. The molecule has 0 aliphatic carbocycles. The summed E-state index contributed by atoms with van der Waals surface area (Å²) in [7, 11) is -1.85. The van der Waals surface area contributed by atoms with Gasteiger partial charge in [0.05, 0.1) is 24.8 Å². The van der Waals surface area contributed by atoms with Gasteiger partial charge in [0.1, 0.15) is 36.0 Å². The van der Waals surface area contributed by atoms with Gasteiger partial charge in [0, 0.05) is 84.8 Å². The minimum atomic E-state index is -1.85. The number of carbonyl (C=O) groups excluding carboxylic acids is 6. The van der Waals surface area contributed by atoms with Crippen LogP contribution in [0.15, 0.2) is 91.3 Å². The van der Waals surface area contributed by atoms with E-state index in [-0.39, 0.29) is 66.6 Å². The zero-order chi connectivity index (χ0) is 49.5. The van der Waals surface area contributed by atoms with Crippen LogP contribution >= 0.6 is 0 Å². The van der Waals surface area contributed by atoms with Crippen LogP contribution in [-0.4, -0.2) is 111 Å². The molecule has 9 rings (SSSR count). The highest BCUT2D eigenvalue weighted by Crippen LogP contribution is 2.34. The molecule has 0 radical (unpaired) electrons. The summed E-state index contributed by atoms with van der Waals surface area (Å²) in [5.41, 5.74) is 9.57. The summed E-state index contributed by atoms with van der Waals surface area (Å²) in [6.45, 7) is 10.6. The van der Waals surface area contributed by atoms with Gasteiger partial charge in [0.2, 0.25) is 17.7 Å². The van der Waals surface area contributed by atoms with Crippen molar-refractivity contribution in [2.75, 3.05) is 30.7 Å². The molecule has 0 bridgehead atoms. The van der Waals surface area contributed by atoms with E-state index in [1.54, 1.807) is 95.2 Å². The predicted molar refractivity (Wildman–Crippen MR) is 259 cm³/mol. The fourth-order valence-corrected chi connectivity index (χ4v) is 12.5. The van der Waals surface area contributed by atoms with E-state index in [1.807, 2.05) is 17.1 Å². The third-order valence-electron chi connectivity index (χ3n) is 13.1. The van der Waals surface area contributed by atoms with E-state index >= 15 is 0 Å². The molecular formula is C50H55F2N9O7Si. The molecule has 2 aromatic heterocycles. The number of nitrogens with zero attached hydrogens (tertiary/aromatic N) is 6. The summed E-state index contributed by atoms with van der Waals surface area (Å²) < 4.78 is 31.6. The number of carbonyl (C=O) groups is 6. The van der Waals surface area contributed by atoms with Crippen molar-refractivity contribution in [1.29, 1.82) is 0 Å². The van der Waals surface area contributed by atoms with Gasteiger partial charge in [-0.2, -0.15) is 0 Å². The molecule has 2 atom stereocenters. The van der Waals surface area contributed by atoms with Crippen molar-refractivity contribution in [2.45, 2.75) is 78.0 Å². The highest BCUT2D eigenvalue weighted by Gasteiger charge is 2.46. The monoisotopic (exact) mass is 959 g/mol. The van der Waals surface area contributed by atoms with Crippen LogP contribution in [0.1, 0.15) is 46.0 Å². The van der Waals surface area contributed by atoms with Gasteiger partial charge >= 0.3 is 12.1 Å². The average molecular weight is 960 g/mol. The van der Waals surface area contributed by atoms with Crippen LogP contribution in [-0.2, 0) is 34.0 Å². The number of aromatic hydroxyl groups is 1. The van der Waals surface area contributed by atoms with Crippen molar-refractivity contribution >= 4 is 71.1 Å². The van der Waals surface area contributed by atoms with E-state index in [2.05, 4.69) is 23.7 Å². The first kappa shape index (κ1) is 48.1. The number of anilines is 1. The van der Waals surface area contributed by atoms with E-state index in [1.165, 1.54) is 28.6 Å². The Morgan fingerprint density at radius 2 is 1.42 bits per heavy atom. The number of urea groups is 1. The van der Waals surface area contributed by atoms with Gasteiger partial charge in [-0.1, -0.05) is 67.7 Å². The summed E-state index contributed by atoms with van der Waals surface area (Å²) in [5, 5.41) is 20.3. The molecule has 6 aromatic rings. The van der Waals surface area contributed by atoms with Crippen LogP contribution in [0.2, 0.25) is 19.1 Å². The molecule has 16 nitrogen and oxygen atoms in total. The highest BCUT2D eigenvalue weighted by molar-refractivity contribution is 6.79. The Kier molecular flexibility index (Phi) is 13.5. The number of halogens is 2. The van der Waals surface area contributed by atoms with E-state index in [0.717, 1.165) is 5.39 Å². The number of phenolic OH excluding ortho intramolecular Hbond substituents is 1. The van der Waals surface area contributed by atoms with Crippen LogP contribution in [0, 0.1) is 25.5 Å². The van der Waals surface area contributed by atoms with Crippen molar-refractivity contribution in [3.8, 4) is 5.75 Å². The number of hydrogen-bond acceptors (Lipinski definition) is 8. The van der Waals surface area contributed by atoms with Gasteiger partial charge in [0.15, 0.2) is 5.78 Å². The minimum absolute atomic E-state index is 0.0368. The van der Waals surface area contributed by atoms with Crippen molar-refractivity contribution in [1.82, 2.24) is 34.7 Å². The van der Waals surface area contributed by atoms with Gasteiger partial charge in [0.25, 0.3) is 0 Å². The van der Waals surface area contributed by atoms with Gasteiger partial charge in [-0.3, -0.25) is 28.6 Å². The number of hydrazine groups is 1. The Hall–Kier alpha value is -7.38. The van der Waals surface area contributed by atoms with Crippen LogP contribution in [0.4, 0.5) is 24.1 Å². The second-order valence-corrected chi connectivity index (χ2v) is 23.7. The number of nitrogens with one attached hydrogen (secondary N) is 2. The first-order valence-corrected chi connectivity index (χ1v) is 26.2. The molecule has 360 valence electrons. The minimum Gasteiger partial charge on any atom is -0.508 e. The van der Waals surface area contributed by atoms with Crippen molar-refractivity contribution in [3.63, 3.8) is 0 Å². The van der Waals surface area contributed by atoms with Crippen LogP contribution in [0.25, 0.3) is 21.8 Å². The number of rotatable bonds is 10. The van der Waals surface area contributed by atoms with Gasteiger partial charge < -0.3 is 30.9 Å². The molecule has 6 amide bonds. The van der Waals surface area contributed by atoms with Crippen LogP contribution in [0.5, 0.6) is 5.75 Å². The SMILES string of the molecule is CC(=O)c1cn(CC(=O)N2C[Si](C)(C)C[C@H]2C(=O)NCc2cccc(C)c2F)c2cc(O)ccc12.Cc1cccc(CNC(=O)[C@@H]2CCN3CCN(c4cn(C(N)=O)c5ccccc45)C(=O)N23)c1F. The third kappa shape index (κ3) is 9.69. The molecule has 3 aliphatic heterocycles. The fourth-order valence-electron chi connectivity index (χ4n) is 9.62. The molecule has 0 unspecified atom stereocenters. The number of benzene rings is 4. The number of primary amides is 1. The van der Waals surface area contributed by atoms with Gasteiger partial charge in [-0.25, -0.2) is 28.4 Å². The molecule has 19 heteroatoms. The molecule has 3 saturated heterocycles. The van der Waals surface area contributed by atoms with E-state index in [9.17, 15) is 42.7 Å². The molecule has 4 aromatic carbocycles. The first-order chi connectivity index (χ1) is 32.8. The maximum Gasteiger partial charge on any atom is 0.339 e. The number of Topliss-reactive ketones (excluding diaryl/α,β-unsaturated/α-hetero) is 1. The van der Waals surface area contributed by atoms with E-state index in [4.69, 9.17) is 5.73 Å². The molecule has 0 spiro atoms. The maximum absolute atomic E-state index is 14.4. The van der Waals surface area contributed by atoms with Crippen LogP contribution in [0.3, 0.4) is 0 Å². The zero-order valence-corrected chi connectivity index (χ0v) is 40.1. The lowest BCUT2D eigenvalue weighted by molar-refractivity contribution is -0.138. The van der Waals surface area contributed by atoms with Gasteiger partial charge in [-0.15, -0.1) is 0 Å². The number of para-hydroxylation sites is 1. The molecule has 3 fully saturated rings. The summed E-state index contributed by atoms with van der Waals surface area (Å²) >= 11 is 0. The Labute approximate surface area is 398 Å². The lowest BCUT2D eigenvalue weighted by Crippen LogP contribution is -2.61. The summed E-state index contributed by atoms with van der Waals surface area (Å²) in [4.78, 5) is 80.4. The summed E-state index contributed by atoms with van der Waals surface area (Å²) in [6, 6.07) is 20.3. The molecule has 0 saturated carbocycles. The Morgan fingerprint density at radius 3 is 2.06 bits per heavy atom. The second-order valence-electron chi connectivity index (χ2n) is 18.6. The molecule has 69 heavy (non-hydrogen) atoms. The second kappa shape index (κ2) is 19.3. The van der Waals surface area contributed by atoms with Gasteiger partial charge in [-0.05, 0) is 62.6 Å². The number of aromatic nitrogens is 2. The first-order valence-electron chi connectivity index (χ1n) is 22.7. The van der Waals surface area contributed by atoms with Crippen LogP contribution < -0.4 is 21.3 Å². The summed E-state index contributed by atoms with van der Waals surface area (Å²) in [6.07, 6.45) is 4.20. The highest BCUT2D eigenvalue weighted by atomic mass is 28.3. The topological polar surface area (TPSA) is 196 Å². The fraction of sp³-hybridized carbons (Fsp3) is 0.320. The zero-order valence-electron chi connectivity index (χ0n) is 39.1. The normalized spacial score (nSPS) is 17.7. The number of nitrogens with two attached hydrogens (primary N) is 1. The Morgan fingerprint density at radius 1 is 0.783 bits per heavy atom. The quantitative estimate of drug-likeness (QED) is 0.0903. The summed E-state index contributed by atoms with van der Waals surface area (Å²) in [5.74, 6) is -1.65. The number of fused-ring (bicyclic) bond motifs is 3. The predicted octanol–water partition coefficient (Wildman–Crippen LogP) is 6.34. The third-order valence-corrected chi connectivity index (χ3v) is 15.8. The standard InChI is InChI=1S/C26H30FN3O4Si.C24H25FN6O3/c1-16-6-5-7-18(25(16)27)11-28-26(34)23-14-35(3,4)15-30(23)24(33)13-29-12-21(17(2)31)20-9-8-19(32)10-22(20)29;1-15-5-4-6-16(21(15)25)13-27-22(32)19-9-10-28-11-12-29(24(34)31(19)28)20-14-30(23(26)33)18-8-3-2-7-17(18)20/h5-10,12,23,32H,11,13-15H2,1-4H3,(H,28,34);2-8,14,19H,9-13H2,1H3,(H2,26,33)(H,27,32)/t23-;19-/m00/s1. The molecule has 3 aliphatic rings. The largest absolute Gasteiger partial charge is 0.508 e. The Balaban J connectivity index is 0.000000186. The number of amides is 6. The maximum atomic E-state index is 14.4. The van der Waals surface area contributed by atoms with Crippen molar-refractivity contribution in [2.24, 2.45) is 5.73 Å². The molecule has 5 heterocycles. The van der Waals surface area contributed by atoms with Crippen molar-refractivity contribution in [3.05, 3.63) is 131 Å². The molecular weight excluding hydrogens is 905 g/mol.